The zero-order valence-electron chi connectivity index (χ0n) is 23.7. The fourth-order valence-electron chi connectivity index (χ4n) is 5.03. The lowest BCUT2D eigenvalue weighted by Gasteiger charge is -2.25. The molecule has 0 bridgehead atoms. The Labute approximate surface area is 239 Å². The lowest BCUT2D eigenvalue weighted by molar-refractivity contribution is -0.122. The number of amides is 2. The molecule has 9 nitrogen and oxygen atoms in total. The smallest absolute Gasteiger partial charge is 0.240 e. The second-order valence-corrected chi connectivity index (χ2v) is 12.1. The normalized spacial score (nSPS) is 16.6. The van der Waals surface area contributed by atoms with E-state index < -0.39 is 0 Å². The van der Waals surface area contributed by atoms with E-state index in [0.717, 1.165) is 28.1 Å². The highest BCUT2D eigenvalue weighted by atomic mass is 32.2. The molecule has 2 amide bonds. The van der Waals surface area contributed by atoms with E-state index >= 15 is 0 Å². The van der Waals surface area contributed by atoms with Crippen molar-refractivity contribution >= 4 is 29.4 Å². The van der Waals surface area contributed by atoms with Crippen LogP contribution in [-0.4, -0.2) is 60.9 Å². The first-order valence-corrected chi connectivity index (χ1v) is 14.5. The number of aryl methyl sites for hydroxylation is 1. The van der Waals surface area contributed by atoms with Crippen molar-refractivity contribution in [2.75, 3.05) is 44.3 Å². The molecule has 5 rings (SSSR count). The maximum absolute atomic E-state index is 13.8. The number of anilines is 1. The average Bonchev–Trinajstić information content (AvgIpc) is 3.52. The van der Waals surface area contributed by atoms with Gasteiger partial charge in [0, 0.05) is 31.2 Å². The van der Waals surface area contributed by atoms with Gasteiger partial charge in [-0.2, -0.15) is 5.10 Å². The van der Waals surface area contributed by atoms with Crippen LogP contribution in [0.2, 0.25) is 0 Å². The van der Waals surface area contributed by atoms with E-state index in [-0.39, 0.29) is 41.6 Å². The summed E-state index contributed by atoms with van der Waals surface area (Å²) in [4.78, 5) is 28.5. The van der Waals surface area contributed by atoms with Gasteiger partial charge in [-0.15, -0.1) is 11.8 Å². The van der Waals surface area contributed by atoms with Gasteiger partial charge in [0.15, 0.2) is 11.5 Å². The fraction of sp³-hybridized carbons (Fsp3) is 0.433. The van der Waals surface area contributed by atoms with E-state index in [1.165, 1.54) is 0 Å². The van der Waals surface area contributed by atoms with Crippen LogP contribution in [0, 0.1) is 6.92 Å². The van der Waals surface area contributed by atoms with Crippen LogP contribution < -0.4 is 19.7 Å². The zero-order chi connectivity index (χ0) is 28.4. The molecule has 10 heteroatoms. The lowest BCUT2D eigenvalue weighted by atomic mass is 9.87. The Balaban J connectivity index is 1.68. The first-order chi connectivity index (χ1) is 19.2. The summed E-state index contributed by atoms with van der Waals surface area (Å²) in [6.45, 7) is 9.50. The van der Waals surface area contributed by atoms with Crippen molar-refractivity contribution in [1.29, 1.82) is 0 Å². The van der Waals surface area contributed by atoms with E-state index in [0.29, 0.717) is 36.9 Å². The monoisotopic (exact) mass is 564 g/mol. The van der Waals surface area contributed by atoms with Gasteiger partial charge in [0.2, 0.25) is 18.6 Å². The Kier molecular flexibility index (Phi) is 8.09. The van der Waals surface area contributed by atoms with Crippen molar-refractivity contribution in [1.82, 2.24) is 15.1 Å². The van der Waals surface area contributed by atoms with Crippen molar-refractivity contribution in [3.05, 3.63) is 64.8 Å². The lowest BCUT2D eigenvalue weighted by Crippen LogP contribution is -2.42. The molecular weight excluding hydrogens is 528 g/mol. The summed E-state index contributed by atoms with van der Waals surface area (Å²) in [5.41, 5.74) is 4.34. The highest BCUT2D eigenvalue weighted by Crippen LogP contribution is 2.50. The van der Waals surface area contributed by atoms with Crippen molar-refractivity contribution in [2.24, 2.45) is 0 Å². The van der Waals surface area contributed by atoms with Gasteiger partial charge in [-0.25, -0.2) is 4.68 Å². The summed E-state index contributed by atoms with van der Waals surface area (Å²) < 4.78 is 18.2. The Hall–Kier alpha value is -3.50. The van der Waals surface area contributed by atoms with Gasteiger partial charge in [0.25, 0.3) is 0 Å². The second-order valence-electron chi connectivity index (χ2n) is 11.0. The largest absolute Gasteiger partial charge is 0.454 e. The zero-order valence-corrected chi connectivity index (χ0v) is 24.5. The van der Waals surface area contributed by atoms with Crippen molar-refractivity contribution in [2.45, 2.75) is 44.8 Å². The van der Waals surface area contributed by atoms with Crippen LogP contribution in [0.25, 0.3) is 5.69 Å². The molecule has 3 aromatic rings. The summed E-state index contributed by atoms with van der Waals surface area (Å²) in [7, 11) is 1.63. The molecule has 0 radical (unpaired) electrons. The minimum Gasteiger partial charge on any atom is -0.454 e. The van der Waals surface area contributed by atoms with Gasteiger partial charge in [-0.05, 0) is 42.7 Å². The number of aromatic nitrogens is 2. The van der Waals surface area contributed by atoms with Gasteiger partial charge in [0.05, 0.1) is 22.4 Å². The highest BCUT2D eigenvalue weighted by Gasteiger charge is 2.40. The van der Waals surface area contributed by atoms with Crippen LogP contribution >= 0.6 is 11.8 Å². The summed E-state index contributed by atoms with van der Waals surface area (Å²) in [5.74, 6) is 1.86. The van der Waals surface area contributed by atoms with E-state index in [1.54, 1.807) is 23.8 Å². The molecule has 0 saturated carbocycles. The number of nitrogens with zero attached hydrogens (tertiary/aromatic N) is 3. The first-order valence-electron chi connectivity index (χ1n) is 13.5. The third-order valence-corrected chi connectivity index (χ3v) is 8.25. The van der Waals surface area contributed by atoms with Crippen LogP contribution in [0.4, 0.5) is 5.82 Å². The molecule has 1 atom stereocenters. The van der Waals surface area contributed by atoms with Gasteiger partial charge in [0.1, 0.15) is 12.4 Å². The predicted molar refractivity (Wildman–Crippen MR) is 156 cm³/mol. The molecule has 2 aromatic carbocycles. The van der Waals surface area contributed by atoms with Crippen LogP contribution in [0.15, 0.2) is 42.5 Å². The second kappa shape index (κ2) is 11.5. The summed E-state index contributed by atoms with van der Waals surface area (Å²) in [6, 6.07) is 13.9. The minimum absolute atomic E-state index is 0.103. The van der Waals surface area contributed by atoms with E-state index in [9.17, 15) is 9.59 Å². The number of carbonyl (C=O) groups excluding carboxylic acids is 2. The number of fused-ring (bicyclic) bond motifs is 2. The fourth-order valence-corrected chi connectivity index (χ4v) is 6.21. The molecule has 212 valence electrons. The number of hydrogen-bond donors (Lipinski definition) is 1. The first kappa shape index (κ1) is 28.0. The topological polar surface area (TPSA) is 94.9 Å². The van der Waals surface area contributed by atoms with Crippen molar-refractivity contribution < 1.29 is 23.8 Å². The summed E-state index contributed by atoms with van der Waals surface area (Å²) in [5, 5.41) is 7.89. The highest BCUT2D eigenvalue weighted by molar-refractivity contribution is 8.00. The molecule has 2 aliphatic heterocycles. The van der Waals surface area contributed by atoms with Gasteiger partial charge in [-0.3, -0.25) is 14.5 Å². The standard InChI is InChI=1S/C30H36N4O5S/c1-19-9-6-7-10-21(19)34-29-26(28(32-34)30(2,3)4)27(20-11-12-22-23(15-20)39-18-38-22)40-17-25(36)33(29)16-24(35)31-13-8-14-37-5/h6-7,9-12,15,27H,8,13-14,16-18H2,1-5H3,(H,31,35)/t27-/m0/s1. The molecule has 1 aromatic heterocycles. The Morgan fingerprint density at radius 2 is 1.95 bits per heavy atom. The van der Waals surface area contributed by atoms with Crippen LogP contribution in [0.5, 0.6) is 11.5 Å². The number of thioether (sulfide) groups is 1. The van der Waals surface area contributed by atoms with Crippen LogP contribution in [0.3, 0.4) is 0 Å². The van der Waals surface area contributed by atoms with Gasteiger partial charge >= 0.3 is 0 Å². The average molecular weight is 565 g/mol. The Morgan fingerprint density at radius 1 is 1.18 bits per heavy atom. The molecule has 0 unspecified atom stereocenters. The van der Waals surface area contributed by atoms with Crippen molar-refractivity contribution in [3.8, 4) is 17.2 Å². The number of hydrogen-bond acceptors (Lipinski definition) is 7. The summed E-state index contributed by atoms with van der Waals surface area (Å²) >= 11 is 1.54. The Bertz CT molecular complexity index is 1410. The van der Waals surface area contributed by atoms with Crippen molar-refractivity contribution in [3.63, 3.8) is 0 Å². The van der Waals surface area contributed by atoms with Crippen LogP contribution in [0.1, 0.15) is 54.8 Å². The minimum atomic E-state index is -0.339. The molecule has 1 N–H and O–H groups in total. The number of carbonyl (C=O) groups is 2. The quantitative estimate of drug-likeness (QED) is 0.402. The third-order valence-electron chi connectivity index (χ3n) is 6.99. The van der Waals surface area contributed by atoms with E-state index in [1.807, 2.05) is 54.1 Å². The number of ether oxygens (including phenoxy) is 3. The van der Waals surface area contributed by atoms with Gasteiger partial charge in [-0.1, -0.05) is 45.0 Å². The van der Waals surface area contributed by atoms with E-state index in [4.69, 9.17) is 19.3 Å². The SMILES string of the molecule is COCCCNC(=O)CN1C(=O)CS[C@@H](c2ccc3c(c2)OCO3)c2c(C(C)(C)C)nn(-c3ccccc3C)c21. The maximum Gasteiger partial charge on any atom is 0.240 e. The van der Waals surface area contributed by atoms with E-state index in [2.05, 4.69) is 26.1 Å². The van der Waals surface area contributed by atoms with Gasteiger partial charge < -0.3 is 19.5 Å². The number of benzene rings is 2. The molecule has 40 heavy (non-hydrogen) atoms. The molecule has 0 spiro atoms. The number of rotatable bonds is 8. The summed E-state index contributed by atoms with van der Waals surface area (Å²) in [6.07, 6.45) is 0.693. The molecule has 0 fully saturated rings. The Morgan fingerprint density at radius 3 is 2.70 bits per heavy atom. The number of para-hydroxylation sites is 1. The molecule has 3 heterocycles. The number of nitrogens with one attached hydrogen (secondary N) is 1. The predicted octanol–water partition coefficient (Wildman–Crippen LogP) is 4.53. The van der Waals surface area contributed by atoms with Crippen LogP contribution in [-0.2, 0) is 19.7 Å². The molecular formula is C30H36N4O5S. The third kappa shape index (κ3) is 5.55. The molecule has 0 saturated heterocycles. The molecule has 2 aliphatic rings. The maximum atomic E-state index is 13.8. The number of methoxy groups -OCH3 is 1. The molecule has 0 aliphatic carbocycles.